The Hall–Kier alpha value is -3.26. The molecule has 1 amide bonds. The van der Waals surface area contributed by atoms with E-state index in [2.05, 4.69) is 26.0 Å². The highest BCUT2D eigenvalue weighted by Gasteiger charge is 2.16. The number of hydrazone groups is 1. The van der Waals surface area contributed by atoms with Crippen molar-refractivity contribution in [3.8, 4) is 0 Å². The molecule has 0 fully saturated rings. The third kappa shape index (κ3) is 4.04. The van der Waals surface area contributed by atoms with Crippen molar-refractivity contribution in [3.63, 3.8) is 0 Å². The fraction of sp³-hybridized carbons (Fsp3) is 0.111. The van der Waals surface area contributed by atoms with Gasteiger partial charge in [0.25, 0.3) is 5.91 Å². The highest BCUT2D eigenvalue weighted by Crippen LogP contribution is 2.26. The lowest BCUT2D eigenvalue weighted by Crippen LogP contribution is -2.29. The van der Waals surface area contributed by atoms with E-state index in [9.17, 15) is 10.0 Å². The van der Waals surface area contributed by atoms with Gasteiger partial charge >= 0.3 is 0 Å². The summed E-state index contributed by atoms with van der Waals surface area (Å²) in [5.74, 6) is -0.554. The topological polar surface area (TPSA) is 99.0 Å². The van der Waals surface area contributed by atoms with Gasteiger partial charge in [-0.05, 0) is 43.7 Å². The van der Waals surface area contributed by atoms with E-state index >= 15 is 0 Å². The standard InChI is InChI=1S/C18H17N5O2S/c1-11-8-9-14-15(10-11)26-18(20-14)22-21-12(2)16(23-25)17(24)19-13-6-4-3-5-7-13/h3-10,25H,1-2H3,(H,19,24)(H,20,22). The summed E-state index contributed by atoms with van der Waals surface area (Å²) in [5.41, 5.74) is 5.48. The first-order chi connectivity index (χ1) is 12.6. The van der Waals surface area contributed by atoms with Crippen molar-refractivity contribution in [2.24, 2.45) is 10.3 Å². The van der Waals surface area contributed by atoms with Crippen molar-refractivity contribution < 1.29 is 10.0 Å². The van der Waals surface area contributed by atoms with Crippen LogP contribution < -0.4 is 10.7 Å². The number of carbonyl (C=O) groups excluding carboxylic acids is 1. The number of hydrogen-bond donors (Lipinski definition) is 3. The molecule has 0 spiro atoms. The SMILES string of the molecule is CC(=NNc1nc2ccc(C)cc2s1)C(=NO)C(=O)Nc1ccccc1. The quantitative estimate of drug-likeness (QED) is 0.362. The Morgan fingerprint density at radius 3 is 2.69 bits per heavy atom. The Bertz CT molecular complexity index is 995. The molecule has 0 aliphatic rings. The van der Waals surface area contributed by atoms with Gasteiger partial charge in [0.1, 0.15) is 0 Å². The molecule has 0 saturated heterocycles. The van der Waals surface area contributed by atoms with Crippen molar-refractivity contribution in [3.05, 3.63) is 54.1 Å². The van der Waals surface area contributed by atoms with E-state index in [1.54, 1.807) is 31.2 Å². The fourth-order valence-electron chi connectivity index (χ4n) is 2.26. The van der Waals surface area contributed by atoms with Crippen LogP contribution in [0.15, 0.2) is 58.8 Å². The minimum Gasteiger partial charge on any atom is -0.410 e. The third-order valence-electron chi connectivity index (χ3n) is 3.55. The Morgan fingerprint density at radius 2 is 1.96 bits per heavy atom. The zero-order valence-electron chi connectivity index (χ0n) is 14.2. The van der Waals surface area contributed by atoms with Crippen LogP contribution in [0.1, 0.15) is 12.5 Å². The predicted molar refractivity (Wildman–Crippen MR) is 105 cm³/mol. The number of fused-ring (bicyclic) bond motifs is 1. The molecule has 2 aromatic carbocycles. The lowest BCUT2D eigenvalue weighted by Gasteiger charge is -2.06. The van der Waals surface area contributed by atoms with E-state index in [-0.39, 0.29) is 11.4 Å². The van der Waals surface area contributed by atoms with Crippen molar-refractivity contribution >= 4 is 49.7 Å². The normalized spacial score (nSPS) is 12.2. The minimum absolute atomic E-state index is 0.182. The van der Waals surface area contributed by atoms with Crippen LogP contribution in [-0.2, 0) is 4.79 Å². The van der Waals surface area contributed by atoms with Gasteiger partial charge in [-0.25, -0.2) is 4.98 Å². The molecule has 0 bridgehead atoms. The number of hydrogen-bond acceptors (Lipinski definition) is 7. The average Bonchev–Trinajstić information content (AvgIpc) is 3.03. The van der Waals surface area contributed by atoms with Crippen LogP contribution in [0.25, 0.3) is 10.2 Å². The Kier molecular flexibility index (Phi) is 5.23. The summed E-state index contributed by atoms with van der Waals surface area (Å²) >= 11 is 1.45. The summed E-state index contributed by atoms with van der Waals surface area (Å²) in [6.45, 7) is 3.59. The van der Waals surface area contributed by atoms with Gasteiger partial charge in [-0.1, -0.05) is 40.8 Å². The molecule has 7 nitrogen and oxygen atoms in total. The molecule has 0 atom stereocenters. The highest BCUT2D eigenvalue weighted by atomic mass is 32.1. The fourth-order valence-corrected chi connectivity index (χ4v) is 3.16. The van der Waals surface area contributed by atoms with Gasteiger partial charge in [0.15, 0.2) is 5.71 Å². The second-order valence-electron chi connectivity index (χ2n) is 5.57. The van der Waals surface area contributed by atoms with Crippen LogP contribution >= 0.6 is 11.3 Å². The van der Waals surface area contributed by atoms with E-state index < -0.39 is 5.91 Å². The molecule has 0 saturated carbocycles. The largest absolute Gasteiger partial charge is 0.410 e. The molecular formula is C18H17N5O2S. The lowest BCUT2D eigenvalue weighted by atomic mass is 10.2. The van der Waals surface area contributed by atoms with Crippen molar-refractivity contribution in [2.45, 2.75) is 13.8 Å². The molecule has 8 heteroatoms. The number of amides is 1. The van der Waals surface area contributed by atoms with Gasteiger partial charge < -0.3 is 10.5 Å². The Labute approximate surface area is 154 Å². The maximum Gasteiger partial charge on any atom is 0.279 e. The first kappa shape index (κ1) is 17.6. The molecule has 26 heavy (non-hydrogen) atoms. The molecule has 0 unspecified atom stereocenters. The zero-order valence-corrected chi connectivity index (χ0v) is 15.0. The number of oxime groups is 1. The van der Waals surface area contributed by atoms with Gasteiger partial charge in [-0.15, -0.1) is 0 Å². The highest BCUT2D eigenvalue weighted by molar-refractivity contribution is 7.22. The number of aromatic nitrogens is 1. The van der Waals surface area contributed by atoms with Crippen LogP contribution in [0, 0.1) is 6.92 Å². The van der Waals surface area contributed by atoms with Crippen molar-refractivity contribution in [1.29, 1.82) is 0 Å². The molecule has 0 aliphatic carbocycles. The molecule has 3 aromatic rings. The number of para-hydroxylation sites is 1. The third-order valence-corrected chi connectivity index (χ3v) is 4.48. The minimum atomic E-state index is -0.554. The van der Waals surface area contributed by atoms with Crippen LogP contribution in [0.4, 0.5) is 10.8 Å². The van der Waals surface area contributed by atoms with Gasteiger partial charge in [0.2, 0.25) is 5.13 Å². The zero-order chi connectivity index (χ0) is 18.5. The van der Waals surface area contributed by atoms with Gasteiger partial charge in [0, 0.05) is 5.69 Å². The molecular weight excluding hydrogens is 350 g/mol. The first-order valence-electron chi connectivity index (χ1n) is 7.83. The number of anilines is 2. The predicted octanol–water partition coefficient (Wildman–Crippen LogP) is 3.86. The molecule has 3 N–H and O–H groups in total. The van der Waals surface area contributed by atoms with Gasteiger partial charge in [0.05, 0.1) is 15.9 Å². The van der Waals surface area contributed by atoms with Crippen LogP contribution in [0.3, 0.4) is 0 Å². The smallest absolute Gasteiger partial charge is 0.279 e. The van der Waals surface area contributed by atoms with Crippen LogP contribution in [0.5, 0.6) is 0 Å². The Morgan fingerprint density at radius 1 is 1.19 bits per heavy atom. The maximum absolute atomic E-state index is 12.3. The van der Waals surface area contributed by atoms with Crippen molar-refractivity contribution in [2.75, 3.05) is 10.7 Å². The van der Waals surface area contributed by atoms with E-state index in [1.165, 1.54) is 11.3 Å². The second kappa shape index (κ2) is 7.75. The van der Waals surface area contributed by atoms with E-state index in [1.807, 2.05) is 31.2 Å². The summed E-state index contributed by atoms with van der Waals surface area (Å²) in [5, 5.41) is 19.6. The average molecular weight is 367 g/mol. The number of nitrogens with zero attached hydrogens (tertiary/aromatic N) is 3. The molecule has 1 heterocycles. The number of benzene rings is 2. The van der Waals surface area contributed by atoms with Crippen molar-refractivity contribution in [1.82, 2.24) is 4.98 Å². The molecule has 3 rings (SSSR count). The summed E-state index contributed by atoms with van der Waals surface area (Å²) in [6.07, 6.45) is 0. The molecule has 0 radical (unpaired) electrons. The summed E-state index contributed by atoms with van der Waals surface area (Å²) in [6, 6.07) is 14.9. The number of thiazole rings is 1. The first-order valence-corrected chi connectivity index (χ1v) is 8.65. The van der Waals surface area contributed by atoms with Gasteiger partial charge in [-0.2, -0.15) is 5.10 Å². The van der Waals surface area contributed by atoms with Gasteiger partial charge in [-0.3, -0.25) is 10.2 Å². The summed E-state index contributed by atoms with van der Waals surface area (Å²) < 4.78 is 1.04. The number of aryl methyl sites for hydroxylation is 1. The van der Waals surface area contributed by atoms with Crippen LogP contribution in [0.2, 0.25) is 0 Å². The number of nitrogens with one attached hydrogen (secondary N) is 2. The Balaban J connectivity index is 1.72. The van der Waals surface area contributed by atoms with E-state index in [0.717, 1.165) is 15.8 Å². The van der Waals surface area contributed by atoms with E-state index in [4.69, 9.17) is 0 Å². The molecule has 132 valence electrons. The summed E-state index contributed by atoms with van der Waals surface area (Å²) in [4.78, 5) is 16.7. The molecule has 1 aromatic heterocycles. The second-order valence-corrected chi connectivity index (χ2v) is 6.60. The number of carbonyl (C=O) groups is 1. The van der Waals surface area contributed by atoms with E-state index in [0.29, 0.717) is 10.8 Å². The summed E-state index contributed by atoms with van der Waals surface area (Å²) in [7, 11) is 0. The monoisotopic (exact) mass is 367 g/mol. The maximum atomic E-state index is 12.3. The lowest BCUT2D eigenvalue weighted by molar-refractivity contribution is -0.110. The van der Waals surface area contributed by atoms with Crippen LogP contribution in [-0.4, -0.2) is 27.5 Å². The number of rotatable bonds is 5. The molecule has 0 aliphatic heterocycles.